The lowest BCUT2D eigenvalue weighted by Gasteiger charge is -2.16. The number of rotatable bonds is 4. The first kappa shape index (κ1) is 14.9. The van der Waals surface area contributed by atoms with E-state index >= 15 is 0 Å². The summed E-state index contributed by atoms with van der Waals surface area (Å²) < 4.78 is 6.29. The molecule has 4 nitrogen and oxygen atoms in total. The van der Waals surface area contributed by atoms with Gasteiger partial charge >= 0.3 is 0 Å². The van der Waals surface area contributed by atoms with Gasteiger partial charge in [-0.15, -0.1) is 0 Å². The molecule has 0 fully saturated rings. The van der Waals surface area contributed by atoms with Crippen LogP contribution in [-0.4, -0.2) is 17.3 Å². The quantitative estimate of drug-likeness (QED) is 0.932. The lowest BCUT2D eigenvalue weighted by atomic mass is 9.98. The predicted molar refractivity (Wildman–Crippen MR) is 82.8 cm³/mol. The third kappa shape index (κ3) is 3.35. The van der Waals surface area contributed by atoms with Crippen molar-refractivity contribution in [2.24, 2.45) is 5.73 Å². The van der Waals surface area contributed by atoms with Crippen molar-refractivity contribution in [1.29, 1.82) is 0 Å². The average molecular weight is 336 g/mol. The first-order valence-electron chi connectivity index (χ1n) is 6.40. The summed E-state index contributed by atoms with van der Waals surface area (Å²) in [4.78, 5) is 0. The molecular formula is C15H18BrN3O. The molecular weight excluding hydrogens is 318 g/mol. The van der Waals surface area contributed by atoms with Crippen LogP contribution in [0.15, 0.2) is 28.7 Å². The molecule has 0 amide bonds. The maximum absolute atomic E-state index is 6.33. The van der Waals surface area contributed by atoms with Gasteiger partial charge in [-0.3, -0.25) is 0 Å². The fourth-order valence-electron chi connectivity index (χ4n) is 2.13. The van der Waals surface area contributed by atoms with E-state index < -0.39 is 0 Å². The van der Waals surface area contributed by atoms with Crippen LogP contribution in [-0.2, 0) is 6.42 Å². The molecule has 1 unspecified atom stereocenters. The van der Waals surface area contributed by atoms with E-state index in [-0.39, 0.29) is 6.04 Å². The van der Waals surface area contributed by atoms with Crippen molar-refractivity contribution in [3.8, 4) is 5.75 Å². The van der Waals surface area contributed by atoms with Gasteiger partial charge in [0.2, 0.25) is 0 Å². The van der Waals surface area contributed by atoms with Crippen molar-refractivity contribution >= 4 is 15.9 Å². The van der Waals surface area contributed by atoms with Crippen LogP contribution in [0.5, 0.6) is 5.75 Å². The van der Waals surface area contributed by atoms with Gasteiger partial charge in [0, 0.05) is 10.5 Å². The molecule has 0 spiro atoms. The zero-order valence-corrected chi connectivity index (χ0v) is 13.4. The van der Waals surface area contributed by atoms with Crippen LogP contribution in [0.2, 0.25) is 0 Å². The summed E-state index contributed by atoms with van der Waals surface area (Å²) in [6.07, 6.45) is 0.712. The van der Waals surface area contributed by atoms with Gasteiger partial charge in [-0.05, 0) is 55.7 Å². The molecule has 1 aromatic heterocycles. The second-order valence-corrected chi connectivity index (χ2v) is 5.65. The number of nitrogens with two attached hydrogens (primary N) is 1. The van der Waals surface area contributed by atoms with Gasteiger partial charge in [0.25, 0.3) is 0 Å². The third-order valence-electron chi connectivity index (χ3n) is 3.23. The van der Waals surface area contributed by atoms with E-state index in [9.17, 15) is 0 Å². The molecule has 0 aliphatic rings. The maximum Gasteiger partial charge on any atom is 0.119 e. The van der Waals surface area contributed by atoms with Crippen molar-refractivity contribution < 1.29 is 4.74 Å². The van der Waals surface area contributed by atoms with E-state index in [0.29, 0.717) is 6.42 Å². The standard InChI is InChI=1S/C15H18BrN3O/c1-9-6-13(10(2)19-18-9)15(17)8-11-7-12(20-3)4-5-14(11)16/h4-7,15H,8,17H2,1-3H3. The molecule has 0 aliphatic carbocycles. The van der Waals surface area contributed by atoms with Gasteiger partial charge in [-0.2, -0.15) is 10.2 Å². The molecule has 1 heterocycles. The van der Waals surface area contributed by atoms with Gasteiger partial charge in [0.1, 0.15) is 5.75 Å². The molecule has 5 heteroatoms. The van der Waals surface area contributed by atoms with E-state index in [0.717, 1.165) is 32.7 Å². The lowest BCUT2D eigenvalue weighted by Crippen LogP contribution is -2.16. The molecule has 2 rings (SSSR count). The Hall–Kier alpha value is -1.46. The number of benzene rings is 1. The zero-order chi connectivity index (χ0) is 14.7. The molecule has 20 heavy (non-hydrogen) atoms. The van der Waals surface area contributed by atoms with E-state index in [2.05, 4.69) is 26.1 Å². The summed E-state index contributed by atoms with van der Waals surface area (Å²) in [5.41, 5.74) is 10.2. The van der Waals surface area contributed by atoms with Crippen molar-refractivity contribution in [2.45, 2.75) is 26.3 Å². The minimum absolute atomic E-state index is 0.118. The maximum atomic E-state index is 6.33. The SMILES string of the molecule is COc1ccc(Br)c(CC(N)c2cc(C)nnc2C)c1. The molecule has 1 aromatic carbocycles. The Morgan fingerprint density at radius 3 is 2.70 bits per heavy atom. The number of aryl methyl sites for hydroxylation is 2. The van der Waals surface area contributed by atoms with Crippen LogP contribution in [0, 0.1) is 13.8 Å². The Labute approximate surface area is 127 Å². The minimum atomic E-state index is -0.118. The second kappa shape index (κ2) is 6.33. The number of ether oxygens (including phenoxy) is 1. The van der Waals surface area contributed by atoms with Crippen LogP contribution < -0.4 is 10.5 Å². The fraction of sp³-hybridized carbons (Fsp3) is 0.333. The van der Waals surface area contributed by atoms with E-state index in [1.54, 1.807) is 7.11 Å². The van der Waals surface area contributed by atoms with E-state index in [1.165, 1.54) is 0 Å². The summed E-state index contributed by atoms with van der Waals surface area (Å²) in [6, 6.07) is 7.78. The highest BCUT2D eigenvalue weighted by atomic mass is 79.9. The molecule has 0 saturated carbocycles. The Kier molecular flexibility index (Phi) is 4.73. The van der Waals surface area contributed by atoms with Crippen molar-refractivity contribution in [2.75, 3.05) is 7.11 Å². The van der Waals surface area contributed by atoms with Crippen LogP contribution in [0.25, 0.3) is 0 Å². The largest absolute Gasteiger partial charge is 0.497 e. The molecule has 0 saturated heterocycles. The number of methoxy groups -OCH3 is 1. The number of nitrogens with zero attached hydrogens (tertiary/aromatic N) is 2. The first-order valence-corrected chi connectivity index (χ1v) is 7.19. The molecule has 0 radical (unpaired) electrons. The second-order valence-electron chi connectivity index (χ2n) is 4.79. The Bertz CT molecular complexity index is 616. The van der Waals surface area contributed by atoms with Crippen LogP contribution >= 0.6 is 15.9 Å². The molecule has 1 atom stereocenters. The Balaban J connectivity index is 2.27. The van der Waals surface area contributed by atoms with Crippen molar-refractivity contribution in [3.63, 3.8) is 0 Å². The van der Waals surface area contributed by atoms with E-state index in [1.807, 2.05) is 38.1 Å². The highest BCUT2D eigenvalue weighted by Crippen LogP contribution is 2.27. The van der Waals surface area contributed by atoms with Crippen molar-refractivity contribution in [1.82, 2.24) is 10.2 Å². The third-order valence-corrected chi connectivity index (χ3v) is 4.01. The van der Waals surface area contributed by atoms with Gasteiger partial charge in [0.05, 0.1) is 18.5 Å². The summed E-state index contributed by atoms with van der Waals surface area (Å²) in [5, 5.41) is 8.17. The molecule has 2 N–H and O–H groups in total. The number of hydrogen-bond acceptors (Lipinski definition) is 4. The normalized spacial score (nSPS) is 12.2. The number of halogens is 1. The highest BCUT2D eigenvalue weighted by molar-refractivity contribution is 9.10. The van der Waals surface area contributed by atoms with Gasteiger partial charge in [-0.25, -0.2) is 0 Å². The predicted octanol–water partition coefficient (Wildman–Crippen LogP) is 3.11. The smallest absolute Gasteiger partial charge is 0.119 e. The molecule has 0 bridgehead atoms. The number of aromatic nitrogens is 2. The average Bonchev–Trinajstić information content (AvgIpc) is 2.43. The zero-order valence-electron chi connectivity index (χ0n) is 11.9. The van der Waals surface area contributed by atoms with Gasteiger partial charge in [0.15, 0.2) is 0 Å². The highest BCUT2D eigenvalue weighted by Gasteiger charge is 2.14. The van der Waals surface area contributed by atoms with Crippen LogP contribution in [0.3, 0.4) is 0 Å². The fourth-order valence-corrected chi connectivity index (χ4v) is 2.54. The van der Waals surface area contributed by atoms with E-state index in [4.69, 9.17) is 10.5 Å². The first-order chi connectivity index (χ1) is 9.51. The lowest BCUT2D eigenvalue weighted by molar-refractivity contribution is 0.414. The summed E-state index contributed by atoms with van der Waals surface area (Å²) in [7, 11) is 1.66. The minimum Gasteiger partial charge on any atom is -0.497 e. The Morgan fingerprint density at radius 1 is 1.25 bits per heavy atom. The molecule has 106 valence electrons. The van der Waals surface area contributed by atoms with Gasteiger partial charge < -0.3 is 10.5 Å². The summed E-state index contributed by atoms with van der Waals surface area (Å²) >= 11 is 3.55. The topological polar surface area (TPSA) is 61.0 Å². The van der Waals surface area contributed by atoms with Crippen LogP contribution in [0.1, 0.15) is 28.6 Å². The number of hydrogen-bond donors (Lipinski definition) is 1. The summed E-state index contributed by atoms with van der Waals surface area (Å²) in [6.45, 7) is 3.85. The van der Waals surface area contributed by atoms with Gasteiger partial charge in [-0.1, -0.05) is 15.9 Å². The molecule has 2 aromatic rings. The van der Waals surface area contributed by atoms with Crippen molar-refractivity contribution in [3.05, 3.63) is 51.3 Å². The summed E-state index contributed by atoms with van der Waals surface area (Å²) in [5.74, 6) is 0.830. The monoisotopic (exact) mass is 335 g/mol. The Morgan fingerprint density at radius 2 is 2.00 bits per heavy atom. The molecule has 0 aliphatic heterocycles. The van der Waals surface area contributed by atoms with Crippen LogP contribution in [0.4, 0.5) is 0 Å².